The molecule has 2 nitrogen and oxygen atoms in total. The fourth-order valence-corrected chi connectivity index (χ4v) is 2.94. The smallest absolute Gasteiger partial charge is 0.244 e. The SMILES string of the molecule is C[C@@H](NC(=O)/C=C/c1ccccc1)c1ccc2c(c1)CCC2. The molecule has 0 fully saturated rings. The van der Waals surface area contributed by atoms with Crippen LogP contribution < -0.4 is 5.32 Å². The Hall–Kier alpha value is -2.35. The minimum Gasteiger partial charge on any atom is -0.346 e. The molecule has 0 heterocycles. The maximum atomic E-state index is 12.0. The van der Waals surface area contributed by atoms with Gasteiger partial charge in [0, 0.05) is 6.08 Å². The molecule has 2 aromatic rings. The van der Waals surface area contributed by atoms with Gasteiger partial charge in [0.05, 0.1) is 6.04 Å². The summed E-state index contributed by atoms with van der Waals surface area (Å²) in [5.41, 5.74) is 5.12. The monoisotopic (exact) mass is 291 g/mol. The molecule has 1 N–H and O–H groups in total. The van der Waals surface area contributed by atoms with Gasteiger partial charge < -0.3 is 5.32 Å². The first-order chi connectivity index (χ1) is 10.7. The highest BCUT2D eigenvalue weighted by Gasteiger charge is 2.14. The molecular formula is C20H21NO. The number of rotatable bonds is 4. The van der Waals surface area contributed by atoms with Gasteiger partial charge in [-0.25, -0.2) is 0 Å². The summed E-state index contributed by atoms with van der Waals surface area (Å²) in [6.07, 6.45) is 7.04. The topological polar surface area (TPSA) is 29.1 Å². The maximum Gasteiger partial charge on any atom is 0.244 e. The minimum absolute atomic E-state index is 0.0267. The molecule has 0 radical (unpaired) electrons. The molecule has 22 heavy (non-hydrogen) atoms. The van der Waals surface area contributed by atoms with Crippen LogP contribution in [-0.4, -0.2) is 5.91 Å². The number of carbonyl (C=O) groups is 1. The van der Waals surface area contributed by atoms with Gasteiger partial charge in [-0.2, -0.15) is 0 Å². The number of carbonyl (C=O) groups excluding carboxylic acids is 1. The molecule has 0 spiro atoms. The third-order valence-electron chi connectivity index (χ3n) is 4.21. The molecule has 0 saturated carbocycles. The molecule has 2 aromatic carbocycles. The molecule has 0 bridgehead atoms. The zero-order chi connectivity index (χ0) is 15.4. The number of hydrogen-bond donors (Lipinski definition) is 1. The summed E-state index contributed by atoms with van der Waals surface area (Å²) in [5, 5.41) is 3.03. The van der Waals surface area contributed by atoms with Crippen LogP contribution in [0.15, 0.2) is 54.6 Å². The van der Waals surface area contributed by atoms with Crippen LogP contribution in [0, 0.1) is 0 Å². The van der Waals surface area contributed by atoms with E-state index in [2.05, 4.69) is 23.5 Å². The highest BCUT2D eigenvalue weighted by atomic mass is 16.1. The molecule has 0 aliphatic heterocycles. The number of hydrogen-bond acceptors (Lipinski definition) is 1. The Morgan fingerprint density at radius 3 is 2.68 bits per heavy atom. The summed E-state index contributed by atoms with van der Waals surface area (Å²) in [6, 6.07) is 16.5. The van der Waals surface area contributed by atoms with Crippen LogP contribution >= 0.6 is 0 Å². The molecule has 2 heteroatoms. The van der Waals surface area contributed by atoms with Gasteiger partial charge in [0.15, 0.2) is 0 Å². The van der Waals surface area contributed by atoms with E-state index in [9.17, 15) is 4.79 Å². The van der Waals surface area contributed by atoms with Crippen LogP contribution in [0.1, 0.15) is 41.6 Å². The van der Waals surface area contributed by atoms with Crippen molar-refractivity contribution in [1.29, 1.82) is 0 Å². The Morgan fingerprint density at radius 1 is 1.09 bits per heavy atom. The van der Waals surface area contributed by atoms with Gasteiger partial charge >= 0.3 is 0 Å². The fourth-order valence-electron chi connectivity index (χ4n) is 2.94. The van der Waals surface area contributed by atoms with Crippen LogP contribution in [0.5, 0.6) is 0 Å². The summed E-state index contributed by atoms with van der Waals surface area (Å²) in [5.74, 6) is -0.0585. The predicted molar refractivity (Wildman–Crippen MR) is 90.5 cm³/mol. The highest BCUT2D eigenvalue weighted by molar-refractivity contribution is 5.91. The van der Waals surface area contributed by atoms with E-state index >= 15 is 0 Å². The van der Waals surface area contributed by atoms with E-state index in [1.165, 1.54) is 29.5 Å². The van der Waals surface area contributed by atoms with E-state index in [1.54, 1.807) is 6.08 Å². The second-order valence-electron chi connectivity index (χ2n) is 5.86. The van der Waals surface area contributed by atoms with Gasteiger partial charge in [0.2, 0.25) is 5.91 Å². The van der Waals surface area contributed by atoms with Gasteiger partial charge in [0.1, 0.15) is 0 Å². The lowest BCUT2D eigenvalue weighted by atomic mass is 10.0. The molecule has 0 unspecified atom stereocenters. The zero-order valence-corrected chi connectivity index (χ0v) is 12.9. The van der Waals surface area contributed by atoms with Gasteiger partial charge in [-0.15, -0.1) is 0 Å². The number of fused-ring (bicyclic) bond motifs is 1. The molecule has 3 rings (SSSR count). The molecule has 1 aliphatic rings. The maximum absolute atomic E-state index is 12.0. The van der Waals surface area contributed by atoms with E-state index in [0.29, 0.717) is 0 Å². The van der Waals surface area contributed by atoms with E-state index in [-0.39, 0.29) is 11.9 Å². The Kier molecular flexibility index (Phi) is 4.38. The van der Waals surface area contributed by atoms with E-state index in [4.69, 9.17) is 0 Å². The summed E-state index contributed by atoms with van der Waals surface area (Å²) in [6.45, 7) is 2.03. The fraction of sp³-hybridized carbons (Fsp3) is 0.250. The first kappa shape index (κ1) is 14.6. The quantitative estimate of drug-likeness (QED) is 0.845. The van der Waals surface area contributed by atoms with Gasteiger partial charge in [-0.3, -0.25) is 4.79 Å². The highest BCUT2D eigenvalue weighted by Crippen LogP contribution is 2.25. The molecule has 0 saturated heterocycles. The van der Waals surface area contributed by atoms with Crippen molar-refractivity contribution in [3.63, 3.8) is 0 Å². The molecular weight excluding hydrogens is 270 g/mol. The number of aryl methyl sites for hydroxylation is 2. The zero-order valence-electron chi connectivity index (χ0n) is 12.9. The third-order valence-corrected chi connectivity index (χ3v) is 4.21. The number of amides is 1. The first-order valence-electron chi connectivity index (χ1n) is 7.88. The van der Waals surface area contributed by atoms with Gasteiger partial charge in [-0.05, 0) is 54.5 Å². The summed E-state index contributed by atoms with van der Waals surface area (Å²) < 4.78 is 0. The second kappa shape index (κ2) is 6.61. The van der Waals surface area contributed by atoms with E-state index in [0.717, 1.165) is 12.0 Å². The Balaban J connectivity index is 1.62. The number of nitrogens with one attached hydrogen (secondary N) is 1. The van der Waals surface area contributed by atoms with Crippen molar-refractivity contribution >= 4 is 12.0 Å². The Labute approximate surface area is 131 Å². The van der Waals surface area contributed by atoms with Crippen molar-refractivity contribution in [3.8, 4) is 0 Å². The second-order valence-corrected chi connectivity index (χ2v) is 5.86. The average molecular weight is 291 g/mol. The number of benzene rings is 2. The molecule has 0 aromatic heterocycles. The van der Waals surface area contributed by atoms with Crippen molar-refractivity contribution in [2.24, 2.45) is 0 Å². The lowest BCUT2D eigenvalue weighted by molar-refractivity contribution is -0.117. The van der Waals surface area contributed by atoms with E-state index in [1.807, 2.05) is 43.3 Å². The minimum atomic E-state index is -0.0585. The first-order valence-corrected chi connectivity index (χ1v) is 7.88. The normalized spacial score (nSPS) is 14.8. The molecule has 1 amide bonds. The van der Waals surface area contributed by atoms with Gasteiger partial charge in [0.25, 0.3) is 0 Å². The Bertz CT molecular complexity index is 688. The van der Waals surface area contributed by atoms with Crippen molar-refractivity contribution in [2.75, 3.05) is 0 Å². The van der Waals surface area contributed by atoms with Crippen LogP contribution in [-0.2, 0) is 17.6 Å². The average Bonchev–Trinajstić information content (AvgIpc) is 3.01. The Morgan fingerprint density at radius 2 is 1.86 bits per heavy atom. The molecule has 1 atom stereocenters. The largest absolute Gasteiger partial charge is 0.346 e. The summed E-state index contributed by atoms with van der Waals surface area (Å²) in [7, 11) is 0. The lowest BCUT2D eigenvalue weighted by Gasteiger charge is -2.14. The van der Waals surface area contributed by atoms with Crippen LogP contribution in [0.2, 0.25) is 0 Å². The lowest BCUT2D eigenvalue weighted by Crippen LogP contribution is -2.24. The van der Waals surface area contributed by atoms with Gasteiger partial charge in [-0.1, -0.05) is 48.5 Å². The molecule has 1 aliphatic carbocycles. The molecule has 112 valence electrons. The third kappa shape index (κ3) is 3.45. The predicted octanol–water partition coefficient (Wildman–Crippen LogP) is 4.07. The van der Waals surface area contributed by atoms with Crippen molar-refractivity contribution in [3.05, 3.63) is 76.9 Å². The van der Waals surface area contributed by atoms with Crippen molar-refractivity contribution < 1.29 is 4.79 Å². The van der Waals surface area contributed by atoms with E-state index < -0.39 is 0 Å². The van der Waals surface area contributed by atoms with Crippen LogP contribution in [0.25, 0.3) is 6.08 Å². The summed E-state index contributed by atoms with van der Waals surface area (Å²) >= 11 is 0. The summed E-state index contributed by atoms with van der Waals surface area (Å²) in [4.78, 5) is 12.0. The van der Waals surface area contributed by atoms with Crippen molar-refractivity contribution in [1.82, 2.24) is 5.32 Å². The van der Waals surface area contributed by atoms with Crippen LogP contribution in [0.3, 0.4) is 0 Å². The standard InChI is InChI=1S/C20H21NO/c1-15(18-12-11-17-8-5-9-19(17)14-18)21-20(22)13-10-16-6-3-2-4-7-16/h2-4,6-7,10-15H,5,8-9H2,1H3,(H,21,22)/b13-10+/t15-/m1/s1. The van der Waals surface area contributed by atoms with Crippen LogP contribution in [0.4, 0.5) is 0 Å². The van der Waals surface area contributed by atoms with Crippen molar-refractivity contribution in [2.45, 2.75) is 32.2 Å².